The smallest absolute Gasteiger partial charge is 0.238 e. The maximum absolute atomic E-state index is 12.8. The highest BCUT2D eigenvalue weighted by molar-refractivity contribution is 6.30. The molecule has 0 unspecified atom stereocenters. The van der Waals surface area contributed by atoms with Gasteiger partial charge in [-0.15, -0.1) is 0 Å². The first-order chi connectivity index (χ1) is 15.5. The summed E-state index contributed by atoms with van der Waals surface area (Å²) in [6.45, 7) is 9.56. The number of carbonyl (C=O) groups is 1. The topological polar surface area (TPSA) is 54.0 Å². The molecule has 0 spiro atoms. The highest BCUT2D eigenvalue weighted by Crippen LogP contribution is 2.38. The van der Waals surface area contributed by atoms with E-state index in [9.17, 15) is 4.79 Å². The van der Waals surface area contributed by atoms with Crippen LogP contribution in [-0.2, 0) is 17.8 Å². The lowest BCUT2D eigenvalue weighted by molar-refractivity contribution is -0.117. The summed E-state index contributed by atoms with van der Waals surface area (Å²) in [6.07, 6.45) is 2.05. The Hall–Kier alpha value is -2.28. The summed E-state index contributed by atoms with van der Waals surface area (Å²) in [5, 5.41) is 3.81. The zero-order valence-corrected chi connectivity index (χ0v) is 19.7. The van der Waals surface area contributed by atoms with Gasteiger partial charge in [-0.2, -0.15) is 0 Å². The molecule has 7 heteroatoms. The van der Waals surface area contributed by atoms with Gasteiger partial charge in [-0.1, -0.05) is 23.7 Å². The molecule has 1 N–H and O–H groups in total. The summed E-state index contributed by atoms with van der Waals surface area (Å²) in [7, 11) is 0. The Morgan fingerprint density at radius 3 is 2.69 bits per heavy atom. The molecule has 1 saturated heterocycles. The molecular formula is C25H32ClN3O3. The lowest BCUT2D eigenvalue weighted by Crippen LogP contribution is -2.36. The first-order valence-corrected chi connectivity index (χ1v) is 11.8. The second-order valence-corrected chi connectivity index (χ2v) is 9.04. The number of nitrogens with zero attached hydrogens (tertiary/aromatic N) is 2. The number of nitrogens with one attached hydrogen (secondary N) is 1. The first-order valence-electron chi connectivity index (χ1n) is 11.5. The van der Waals surface area contributed by atoms with E-state index in [-0.39, 0.29) is 12.0 Å². The van der Waals surface area contributed by atoms with E-state index in [2.05, 4.69) is 27.2 Å². The number of carbonyl (C=O) groups excluding carboxylic acids is 1. The fourth-order valence-electron chi connectivity index (χ4n) is 4.39. The lowest BCUT2D eigenvalue weighted by atomic mass is 10.1. The van der Waals surface area contributed by atoms with Crippen molar-refractivity contribution in [2.24, 2.45) is 0 Å². The molecule has 2 aliphatic rings. The third-order valence-corrected chi connectivity index (χ3v) is 6.19. The van der Waals surface area contributed by atoms with E-state index < -0.39 is 0 Å². The number of halogens is 1. The largest absolute Gasteiger partial charge is 0.492 e. The average Bonchev–Trinajstić information content (AvgIpc) is 2.97. The quantitative estimate of drug-likeness (QED) is 0.675. The van der Waals surface area contributed by atoms with Gasteiger partial charge in [0.1, 0.15) is 17.6 Å². The molecule has 6 nitrogen and oxygen atoms in total. The van der Waals surface area contributed by atoms with Crippen molar-refractivity contribution < 1.29 is 14.3 Å². The van der Waals surface area contributed by atoms with Gasteiger partial charge in [-0.05, 0) is 57.1 Å². The van der Waals surface area contributed by atoms with Gasteiger partial charge >= 0.3 is 0 Å². The second kappa shape index (κ2) is 10.6. The fourth-order valence-corrected chi connectivity index (χ4v) is 4.52. The molecule has 0 bridgehead atoms. The number of ether oxygens (including phenoxy) is 2. The maximum Gasteiger partial charge on any atom is 0.238 e. The van der Waals surface area contributed by atoms with Crippen LogP contribution in [0.2, 0.25) is 5.02 Å². The molecule has 172 valence electrons. The third kappa shape index (κ3) is 5.94. The molecule has 2 aromatic carbocycles. The van der Waals surface area contributed by atoms with Crippen molar-refractivity contribution >= 4 is 23.2 Å². The summed E-state index contributed by atoms with van der Waals surface area (Å²) in [5.41, 5.74) is 3.08. The van der Waals surface area contributed by atoms with E-state index in [4.69, 9.17) is 21.1 Å². The van der Waals surface area contributed by atoms with Crippen molar-refractivity contribution in [2.75, 3.05) is 44.6 Å². The summed E-state index contributed by atoms with van der Waals surface area (Å²) in [4.78, 5) is 17.5. The minimum Gasteiger partial charge on any atom is -0.492 e. The number of anilines is 1. The highest BCUT2D eigenvalue weighted by Gasteiger charge is 2.23. The molecule has 0 radical (unpaired) electrons. The van der Waals surface area contributed by atoms with Gasteiger partial charge < -0.3 is 14.8 Å². The zero-order chi connectivity index (χ0) is 22.5. The minimum absolute atomic E-state index is 0.0249. The molecule has 0 saturated carbocycles. The van der Waals surface area contributed by atoms with Crippen LogP contribution in [0.15, 0.2) is 36.4 Å². The Kier molecular flexibility index (Phi) is 7.55. The number of rotatable bonds is 7. The van der Waals surface area contributed by atoms with Crippen molar-refractivity contribution in [3.63, 3.8) is 0 Å². The van der Waals surface area contributed by atoms with E-state index >= 15 is 0 Å². The SMILES string of the molecule is CCOc1cc2c(cc1NC(=O)CN1CCCN(Cc3ccc(Cl)cc3)CC1)O[C@H](C)C2. The Morgan fingerprint density at radius 2 is 1.91 bits per heavy atom. The predicted octanol–water partition coefficient (Wildman–Crippen LogP) is 4.21. The van der Waals surface area contributed by atoms with Crippen LogP contribution in [0.4, 0.5) is 5.69 Å². The normalized spacial score (nSPS) is 19.2. The molecule has 1 amide bonds. The van der Waals surface area contributed by atoms with Crippen LogP contribution in [0.5, 0.6) is 11.5 Å². The summed E-state index contributed by atoms with van der Waals surface area (Å²) < 4.78 is 11.7. The highest BCUT2D eigenvalue weighted by atomic mass is 35.5. The Balaban J connectivity index is 1.32. The lowest BCUT2D eigenvalue weighted by Gasteiger charge is -2.22. The van der Waals surface area contributed by atoms with Gasteiger partial charge in [0.25, 0.3) is 0 Å². The molecular weight excluding hydrogens is 426 g/mol. The molecule has 1 atom stereocenters. The van der Waals surface area contributed by atoms with Gasteiger partial charge in [0.2, 0.25) is 5.91 Å². The van der Waals surface area contributed by atoms with E-state index in [1.165, 1.54) is 5.56 Å². The number of hydrogen-bond acceptors (Lipinski definition) is 5. The predicted molar refractivity (Wildman–Crippen MR) is 128 cm³/mol. The molecule has 2 aliphatic heterocycles. The van der Waals surface area contributed by atoms with Crippen LogP contribution in [0.1, 0.15) is 31.4 Å². The molecule has 0 aromatic heterocycles. The van der Waals surface area contributed by atoms with E-state index in [1.807, 2.05) is 38.1 Å². The Labute approximate surface area is 195 Å². The van der Waals surface area contributed by atoms with Crippen LogP contribution < -0.4 is 14.8 Å². The van der Waals surface area contributed by atoms with Crippen molar-refractivity contribution in [2.45, 2.75) is 39.3 Å². The van der Waals surface area contributed by atoms with Gasteiger partial charge in [0, 0.05) is 42.7 Å². The van der Waals surface area contributed by atoms with Crippen molar-refractivity contribution in [1.29, 1.82) is 0 Å². The van der Waals surface area contributed by atoms with Gasteiger partial charge in [0.15, 0.2) is 0 Å². The maximum atomic E-state index is 12.8. The van der Waals surface area contributed by atoms with E-state index in [0.29, 0.717) is 24.6 Å². The van der Waals surface area contributed by atoms with Crippen molar-refractivity contribution in [3.8, 4) is 11.5 Å². The summed E-state index contributed by atoms with van der Waals surface area (Å²) in [5.74, 6) is 1.52. The van der Waals surface area contributed by atoms with Crippen molar-refractivity contribution in [1.82, 2.24) is 9.80 Å². The molecule has 2 heterocycles. The van der Waals surface area contributed by atoms with Gasteiger partial charge in [-0.3, -0.25) is 14.6 Å². The minimum atomic E-state index is -0.0249. The average molecular weight is 458 g/mol. The van der Waals surface area contributed by atoms with Crippen LogP contribution in [0, 0.1) is 0 Å². The third-order valence-electron chi connectivity index (χ3n) is 5.94. The standard InChI is InChI=1S/C25H32ClN3O3/c1-3-31-24-14-20-13-18(2)32-23(20)15-22(24)27-25(30)17-29-10-4-9-28(11-12-29)16-19-5-7-21(26)8-6-19/h5-8,14-15,18H,3-4,9-13,16-17H2,1-2H3,(H,27,30)/t18-/m1/s1. The van der Waals surface area contributed by atoms with Crippen LogP contribution in [0.3, 0.4) is 0 Å². The molecule has 32 heavy (non-hydrogen) atoms. The fraction of sp³-hybridized carbons (Fsp3) is 0.480. The monoisotopic (exact) mass is 457 g/mol. The van der Waals surface area contributed by atoms with Crippen LogP contribution in [0.25, 0.3) is 0 Å². The molecule has 1 fully saturated rings. The molecule has 0 aliphatic carbocycles. The Morgan fingerprint density at radius 1 is 1.16 bits per heavy atom. The molecule has 2 aromatic rings. The number of benzene rings is 2. The van der Waals surface area contributed by atoms with E-state index in [0.717, 1.165) is 61.9 Å². The first kappa shape index (κ1) is 22.9. The van der Waals surface area contributed by atoms with E-state index in [1.54, 1.807) is 0 Å². The Bertz CT molecular complexity index is 935. The van der Waals surface area contributed by atoms with Gasteiger partial charge in [-0.25, -0.2) is 0 Å². The second-order valence-electron chi connectivity index (χ2n) is 8.60. The number of amides is 1. The van der Waals surface area contributed by atoms with Crippen molar-refractivity contribution in [3.05, 3.63) is 52.5 Å². The summed E-state index contributed by atoms with van der Waals surface area (Å²) >= 11 is 5.99. The summed E-state index contributed by atoms with van der Waals surface area (Å²) in [6, 6.07) is 11.9. The number of hydrogen-bond donors (Lipinski definition) is 1. The number of fused-ring (bicyclic) bond motifs is 1. The molecule has 4 rings (SSSR count). The zero-order valence-electron chi connectivity index (χ0n) is 18.9. The van der Waals surface area contributed by atoms with Crippen LogP contribution >= 0.6 is 11.6 Å². The van der Waals surface area contributed by atoms with Crippen LogP contribution in [-0.4, -0.2) is 61.1 Å². The van der Waals surface area contributed by atoms with Gasteiger partial charge in [0.05, 0.1) is 18.8 Å².